The molecule has 80 valence electrons. The van der Waals surface area contributed by atoms with Gasteiger partial charge in [0.25, 0.3) is 0 Å². The lowest BCUT2D eigenvalue weighted by atomic mass is 10.1. The minimum absolute atomic E-state index is 0.182. The minimum atomic E-state index is 0.182. The van der Waals surface area contributed by atoms with Crippen LogP contribution in [-0.4, -0.2) is 18.9 Å². The second kappa shape index (κ2) is 4.23. The van der Waals surface area contributed by atoms with E-state index < -0.39 is 0 Å². The Morgan fingerprint density at radius 2 is 2.20 bits per heavy atom. The number of halogens is 1. The predicted molar refractivity (Wildman–Crippen MR) is 62.5 cm³/mol. The van der Waals surface area contributed by atoms with Crippen LogP contribution >= 0.6 is 11.6 Å². The quantitative estimate of drug-likeness (QED) is 0.769. The molecule has 2 rings (SSSR count). The van der Waals surface area contributed by atoms with Crippen molar-refractivity contribution in [3.05, 3.63) is 29.3 Å². The van der Waals surface area contributed by atoms with E-state index in [1.54, 1.807) is 6.92 Å². The molecule has 1 aromatic rings. The first-order chi connectivity index (χ1) is 7.18. The Balaban J connectivity index is 2.14. The van der Waals surface area contributed by atoms with Crippen molar-refractivity contribution >= 4 is 23.1 Å². The van der Waals surface area contributed by atoms with Gasteiger partial charge in [-0.1, -0.05) is 23.7 Å². The summed E-state index contributed by atoms with van der Waals surface area (Å²) in [4.78, 5) is 13.4. The summed E-state index contributed by atoms with van der Waals surface area (Å²) in [6, 6.07) is 7.79. The Kier molecular flexibility index (Phi) is 2.96. The number of nitrogens with zero attached hydrogens (tertiary/aromatic N) is 1. The van der Waals surface area contributed by atoms with Crippen LogP contribution in [0.5, 0.6) is 0 Å². The van der Waals surface area contributed by atoms with E-state index in [9.17, 15) is 4.79 Å². The third kappa shape index (κ3) is 2.15. The van der Waals surface area contributed by atoms with Crippen LogP contribution in [0.25, 0.3) is 0 Å². The van der Waals surface area contributed by atoms with Gasteiger partial charge in [0, 0.05) is 19.0 Å². The van der Waals surface area contributed by atoms with Gasteiger partial charge in [-0.2, -0.15) is 0 Å². The fourth-order valence-electron chi connectivity index (χ4n) is 2.02. The van der Waals surface area contributed by atoms with Gasteiger partial charge in [-0.05, 0) is 25.5 Å². The molecule has 1 aromatic carbocycles. The van der Waals surface area contributed by atoms with Crippen molar-refractivity contribution in [2.45, 2.75) is 13.3 Å². The second-order valence-corrected chi connectivity index (χ2v) is 4.40. The lowest BCUT2D eigenvalue weighted by Crippen LogP contribution is -2.21. The molecular formula is C12H14ClNO. The number of ketones is 1. The second-order valence-electron chi connectivity index (χ2n) is 3.99. The number of hydrogen-bond acceptors (Lipinski definition) is 2. The molecule has 0 amide bonds. The third-order valence-electron chi connectivity index (χ3n) is 2.96. The van der Waals surface area contributed by atoms with Gasteiger partial charge in [-0.25, -0.2) is 0 Å². The van der Waals surface area contributed by atoms with Gasteiger partial charge in [-0.15, -0.1) is 0 Å². The SMILES string of the molecule is CC(=O)C1CCN(c2ccccc2Cl)C1. The first-order valence-corrected chi connectivity index (χ1v) is 5.56. The molecule has 1 unspecified atom stereocenters. The molecule has 0 bridgehead atoms. The zero-order valence-electron chi connectivity index (χ0n) is 8.74. The predicted octanol–water partition coefficient (Wildman–Crippen LogP) is 2.76. The zero-order chi connectivity index (χ0) is 10.8. The average molecular weight is 224 g/mol. The minimum Gasteiger partial charge on any atom is -0.370 e. The Hall–Kier alpha value is -1.02. The van der Waals surface area contributed by atoms with E-state index in [0.717, 1.165) is 30.2 Å². The molecule has 1 aliphatic heterocycles. The van der Waals surface area contributed by atoms with E-state index in [1.165, 1.54) is 0 Å². The molecule has 0 aliphatic carbocycles. The summed E-state index contributed by atoms with van der Waals surface area (Å²) >= 11 is 6.10. The molecule has 15 heavy (non-hydrogen) atoms. The average Bonchev–Trinajstić information content (AvgIpc) is 2.67. The topological polar surface area (TPSA) is 20.3 Å². The Bertz CT molecular complexity index is 378. The van der Waals surface area contributed by atoms with Gasteiger partial charge in [0.1, 0.15) is 5.78 Å². The molecule has 0 radical (unpaired) electrons. The van der Waals surface area contributed by atoms with Gasteiger partial charge in [0.15, 0.2) is 0 Å². The maximum atomic E-state index is 11.2. The van der Waals surface area contributed by atoms with Crippen LogP contribution in [0.1, 0.15) is 13.3 Å². The lowest BCUT2D eigenvalue weighted by Gasteiger charge is -2.19. The summed E-state index contributed by atoms with van der Waals surface area (Å²) < 4.78 is 0. The fourth-order valence-corrected chi connectivity index (χ4v) is 2.27. The van der Waals surface area contributed by atoms with Crippen molar-refractivity contribution in [1.82, 2.24) is 0 Å². The highest BCUT2D eigenvalue weighted by Crippen LogP contribution is 2.30. The summed E-state index contributed by atoms with van der Waals surface area (Å²) in [6.07, 6.45) is 0.945. The molecule has 1 saturated heterocycles. The number of hydrogen-bond donors (Lipinski definition) is 0. The fraction of sp³-hybridized carbons (Fsp3) is 0.417. The molecule has 1 aliphatic rings. The molecule has 1 fully saturated rings. The van der Waals surface area contributed by atoms with E-state index in [-0.39, 0.29) is 11.7 Å². The maximum Gasteiger partial charge on any atom is 0.134 e. The van der Waals surface area contributed by atoms with E-state index in [4.69, 9.17) is 11.6 Å². The number of rotatable bonds is 2. The van der Waals surface area contributed by atoms with E-state index in [2.05, 4.69) is 4.90 Å². The van der Waals surface area contributed by atoms with Gasteiger partial charge < -0.3 is 4.90 Å². The van der Waals surface area contributed by atoms with Crippen molar-refractivity contribution in [2.75, 3.05) is 18.0 Å². The first-order valence-electron chi connectivity index (χ1n) is 5.18. The molecule has 1 heterocycles. The van der Waals surface area contributed by atoms with Gasteiger partial charge in [-0.3, -0.25) is 4.79 Å². The lowest BCUT2D eigenvalue weighted by molar-refractivity contribution is -0.120. The van der Waals surface area contributed by atoms with Gasteiger partial charge in [0.2, 0.25) is 0 Å². The van der Waals surface area contributed by atoms with Crippen LogP contribution in [0, 0.1) is 5.92 Å². The number of benzene rings is 1. The molecule has 1 atom stereocenters. The highest BCUT2D eigenvalue weighted by molar-refractivity contribution is 6.33. The summed E-state index contributed by atoms with van der Waals surface area (Å²) in [5.41, 5.74) is 1.04. The molecule has 0 spiro atoms. The van der Waals surface area contributed by atoms with Crippen LogP contribution < -0.4 is 4.90 Å². The molecule has 0 saturated carbocycles. The van der Waals surface area contributed by atoms with Crippen LogP contribution in [0.15, 0.2) is 24.3 Å². The number of Topliss-reactive ketones (excluding diaryl/α,β-unsaturated/α-hetero) is 1. The molecule has 0 aromatic heterocycles. The van der Waals surface area contributed by atoms with Crippen LogP contribution in [0.2, 0.25) is 5.02 Å². The zero-order valence-corrected chi connectivity index (χ0v) is 9.50. The summed E-state index contributed by atoms with van der Waals surface area (Å²) in [6.45, 7) is 3.40. The number of carbonyl (C=O) groups is 1. The standard InChI is InChI=1S/C12H14ClNO/c1-9(15)10-6-7-14(8-10)12-5-3-2-4-11(12)13/h2-5,10H,6-8H2,1H3. The highest BCUT2D eigenvalue weighted by Gasteiger charge is 2.26. The Morgan fingerprint density at radius 1 is 1.47 bits per heavy atom. The largest absolute Gasteiger partial charge is 0.370 e. The maximum absolute atomic E-state index is 11.2. The van der Waals surface area contributed by atoms with Crippen molar-refractivity contribution in [3.8, 4) is 0 Å². The number of anilines is 1. The molecule has 0 N–H and O–H groups in total. The smallest absolute Gasteiger partial charge is 0.134 e. The van der Waals surface area contributed by atoms with Crippen molar-refractivity contribution in [1.29, 1.82) is 0 Å². The summed E-state index contributed by atoms with van der Waals surface area (Å²) in [7, 11) is 0. The molecule has 2 nitrogen and oxygen atoms in total. The first kappa shape index (κ1) is 10.5. The van der Waals surface area contributed by atoms with Crippen LogP contribution in [-0.2, 0) is 4.79 Å². The van der Waals surface area contributed by atoms with E-state index in [1.807, 2.05) is 24.3 Å². The van der Waals surface area contributed by atoms with Crippen molar-refractivity contribution in [3.63, 3.8) is 0 Å². The number of para-hydroxylation sites is 1. The number of carbonyl (C=O) groups excluding carboxylic acids is 1. The van der Waals surface area contributed by atoms with E-state index in [0.29, 0.717) is 0 Å². The van der Waals surface area contributed by atoms with Gasteiger partial charge >= 0.3 is 0 Å². The van der Waals surface area contributed by atoms with Crippen molar-refractivity contribution in [2.24, 2.45) is 5.92 Å². The highest BCUT2D eigenvalue weighted by atomic mass is 35.5. The summed E-state index contributed by atoms with van der Waals surface area (Å²) in [5.74, 6) is 0.464. The Morgan fingerprint density at radius 3 is 2.80 bits per heavy atom. The van der Waals surface area contributed by atoms with Crippen LogP contribution in [0.3, 0.4) is 0 Å². The monoisotopic (exact) mass is 223 g/mol. The van der Waals surface area contributed by atoms with E-state index >= 15 is 0 Å². The van der Waals surface area contributed by atoms with Crippen molar-refractivity contribution < 1.29 is 4.79 Å². The molecular weight excluding hydrogens is 210 g/mol. The Labute approximate surface area is 94.8 Å². The molecule has 3 heteroatoms. The normalized spacial score (nSPS) is 20.7. The third-order valence-corrected chi connectivity index (χ3v) is 3.28. The van der Waals surface area contributed by atoms with Crippen LogP contribution in [0.4, 0.5) is 5.69 Å². The van der Waals surface area contributed by atoms with Gasteiger partial charge in [0.05, 0.1) is 10.7 Å². The summed E-state index contributed by atoms with van der Waals surface area (Å²) in [5, 5.41) is 0.765.